The van der Waals surface area contributed by atoms with Crippen LogP contribution in [-0.2, 0) is 14.4 Å². The molecule has 3 N–H and O–H groups in total. The van der Waals surface area contributed by atoms with E-state index < -0.39 is 30.3 Å². The number of carboxylic acid groups (broad SMARTS) is 2. The van der Waals surface area contributed by atoms with Crippen LogP contribution in [0, 0.1) is 0 Å². The summed E-state index contributed by atoms with van der Waals surface area (Å²) >= 11 is 0. The fraction of sp³-hybridized carbons (Fsp3) is 0.500. The normalized spacial score (nSPS) is 10.8. The first kappa shape index (κ1) is 14.9. The van der Waals surface area contributed by atoms with Crippen LogP contribution in [0.1, 0.15) is 13.3 Å². The number of nitrogens with one attached hydrogen (secondary N) is 1. The van der Waals surface area contributed by atoms with E-state index in [2.05, 4.69) is 0 Å². The quantitative estimate of drug-likeness (QED) is 0.473. The number of aliphatic carboxylic acids is 2. The Hall–Kier alpha value is -0.590. The van der Waals surface area contributed by atoms with Gasteiger partial charge in [-0.2, -0.15) is 0 Å². The second-order valence-corrected chi connectivity index (χ2v) is 2.19. The van der Waals surface area contributed by atoms with Gasteiger partial charge in [-0.25, -0.2) is 4.79 Å². The summed E-state index contributed by atoms with van der Waals surface area (Å²) in [7, 11) is 0. The van der Waals surface area contributed by atoms with Gasteiger partial charge < -0.3 is 15.5 Å². The Morgan fingerprint density at radius 3 is 2.00 bits per heavy atom. The van der Waals surface area contributed by atoms with Gasteiger partial charge in [0.1, 0.15) is 6.04 Å². The van der Waals surface area contributed by atoms with Crippen LogP contribution in [0.2, 0.25) is 0 Å². The zero-order valence-electron chi connectivity index (χ0n) is 6.40. The van der Waals surface area contributed by atoms with Crippen LogP contribution in [0.25, 0.3) is 0 Å². The van der Waals surface area contributed by atoms with Gasteiger partial charge in [0.05, 0.1) is 6.42 Å². The summed E-state index contributed by atoms with van der Waals surface area (Å²) in [6.07, 6.45) is -0.616. The fourth-order valence-electron chi connectivity index (χ4n) is 0.620. The van der Waals surface area contributed by atoms with Crippen LogP contribution >= 0.6 is 0 Å². The predicted octanol–water partition coefficient (Wildman–Crippen LogP) is -1.60. The number of amides is 1. The maximum atomic E-state index is 10.4. The predicted molar refractivity (Wildman–Crippen MR) is 44.6 cm³/mol. The van der Waals surface area contributed by atoms with Crippen molar-refractivity contribution >= 4 is 47.4 Å². The van der Waals surface area contributed by atoms with Crippen molar-refractivity contribution < 1.29 is 24.6 Å². The van der Waals surface area contributed by atoms with Crippen molar-refractivity contribution in [2.24, 2.45) is 0 Å². The molecule has 0 saturated carbocycles. The molecule has 0 aromatic rings. The van der Waals surface area contributed by atoms with Gasteiger partial charge in [-0.15, -0.1) is 0 Å². The topological polar surface area (TPSA) is 104 Å². The average Bonchev–Trinajstić information content (AvgIpc) is 1.83. The molecule has 0 bridgehead atoms. The van der Waals surface area contributed by atoms with E-state index in [1.807, 2.05) is 5.32 Å². The van der Waals surface area contributed by atoms with Crippen molar-refractivity contribution in [1.29, 1.82) is 0 Å². The number of rotatable bonds is 4. The maximum absolute atomic E-state index is 10.4. The molecule has 0 radical (unpaired) electrons. The first-order chi connectivity index (χ1) is 5.43. The zero-order chi connectivity index (χ0) is 9.72. The van der Waals surface area contributed by atoms with Gasteiger partial charge in [0.15, 0.2) is 0 Å². The zero-order valence-corrected chi connectivity index (χ0v) is 6.40. The Labute approximate surface area is 96.6 Å². The first-order valence-electron chi connectivity index (χ1n) is 3.15. The summed E-state index contributed by atoms with van der Waals surface area (Å²) in [5.74, 6) is -3.19. The van der Waals surface area contributed by atoms with Crippen LogP contribution in [0.5, 0.6) is 0 Å². The van der Waals surface area contributed by atoms with Gasteiger partial charge in [-0.3, -0.25) is 9.59 Å². The third-order valence-electron chi connectivity index (χ3n) is 1.05. The van der Waals surface area contributed by atoms with Gasteiger partial charge in [0, 0.05) is 6.92 Å². The van der Waals surface area contributed by atoms with Crippen LogP contribution in [0.15, 0.2) is 0 Å². The molecule has 0 aliphatic carbocycles. The molecular weight excluding hydrogens is 189 g/mol. The molecule has 0 saturated heterocycles. The molecule has 0 aliphatic rings. The van der Waals surface area contributed by atoms with Crippen molar-refractivity contribution in [3.05, 3.63) is 0 Å². The van der Waals surface area contributed by atoms with Gasteiger partial charge in [0.2, 0.25) is 5.91 Å². The SMILES string of the molecule is CC(=O)N[C@@H](CC(=O)O)C(=O)O.[NaH]. The molecule has 0 aliphatic heterocycles. The van der Waals surface area contributed by atoms with Crippen molar-refractivity contribution in [3.8, 4) is 0 Å². The van der Waals surface area contributed by atoms with Gasteiger partial charge >= 0.3 is 41.5 Å². The number of hydrogen-bond donors (Lipinski definition) is 3. The van der Waals surface area contributed by atoms with Crippen molar-refractivity contribution in [2.75, 3.05) is 0 Å². The Balaban J connectivity index is 0. The third-order valence-corrected chi connectivity index (χ3v) is 1.05. The molecule has 0 unspecified atom stereocenters. The van der Waals surface area contributed by atoms with E-state index in [1.54, 1.807) is 0 Å². The molecule has 0 aromatic heterocycles. The van der Waals surface area contributed by atoms with Gasteiger partial charge in [0.25, 0.3) is 0 Å². The molecule has 1 amide bonds. The summed E-state index contributed by atoms with van der Waals surface area (Å²) in [5, 5.41) is 18.6. The Kier molecular flexibility index (Phi) is 7.89. The van der Waals surface area contributed by atoms with Gasteiger partial charge in [-0.05, 0) is 0 Å². The molecular formula is C6H10NNaO5. The Bertz CT molecular complexity index is 201. The minimum atomic E-state index is -1.35. The molecule has 7 heteroatoms. The summed E-state index contributed by atoms with van der Waals surface area (Å²) < 4.78 is 0. The van der Waals surface area contributed by atoms with E-state index in [9.17, 15) is 14.4 Å². The van der Waals surface area contributed by atoms with E-state index in [1.165, 1.54) is 0 Å². The number of carbonyl (C=O) groups excluding carboxylic acids is 1. The second kappa shape index (κ2) is 6.88. The van der Waals surface area contributed by atoms with E-state index in [4.69, 9.17) is 10.2 Å². The summed E-state index contributed by atoms with van der Waals surface area (Å²) in [6, 6.07) is -1.35. The third kappa shape index (κ3) is 7.76. The molecule has 1 atom stereocenters. The first-order valence-corrected chi connectivity index (χ1v) is 3.15. The summed E-state index contributed by atoms with van der Waals surface area (Å²) in [6.45, 7) is 1.12. The van der Waals surface area contributed by atoms with Crippen LogP contribution in [-0.4, -0.2) is 63.7 Å². The molecule has 0 fully saturated rings. The van der Waals surface area contributed by atoms with Crippen molar-refractivity contribution in [3.63, 3.8) is 0 Å². The van der Waals surface area contributed by atoms with E-state index in [0.29, 0.717) is 0 Å². The monoisotopic (exact) mass is 199 g/mol. The van der Waals surface area contributed by atoms with Crippen molar-refractivity contribution in [2.45, 2.75) is 19.4 Å². The van der Waals surface area contributed by atoms with E-state index >= 15 is 0 Å². The second-order valence-electron chi connectivity index (χ2n) is 2.19. The summed E-state index contributed by atoms with van der Waals surface area (Å²) in [5.41, 5.74) is 0. The Morgan fingerprint density at radius 2 is 1.77 bits per heavy atom. The number of carboxylic acids is 2. The molecule has 70 valence electrons. The van der Waals surface area contributed by atoms with Crippen LogP contribution in [0.3, 0.4) is 0 Å². The average molecular weight is 199 g/mol. The minimum absolute atomic E-state index is 0. The molecule has 13 heavy (non-hydrogen) atoms. The van der Waals surface area contributed by atoms with E-state index in [0.717, 1.165) is 6.92 Å². The molecule has 0 rings (SSSR count). The summed E-state index contributed by atoms with van der Waals surface area (Å²) in [4.78, 5) is 30.7. The number of carbonyl (C=O) groups is 3. The molecule has 0 heterocycles. The molecule has 0 aromatic carbocycles. The van der Waals surface area contributed by atoms with Crippen LogP contribution in [0.4, 0.5) is 0 Å². The van der Waals surface area contributed by atoms with Gasteiger partial charge in [-0.1, -0.05) is 0 Å². The fourth-order valence-corrected chi connectivity index (χ4v) is 0.620. The molecule has 6 nitrogen and oxygen atoms in total. The molecule has 0 spiro atoms. The van der Waals surface area contributed by atoms with Crippen LogP contribution < -0.4 is 5.32 Å². The Morgan fingerprint density at radius 1 is 1.31 bits per heavy atom. The standard InChI is InChI=1S/C6H9NO5.Na.H/c1-3(8)7-4(6(11)12)2-5(9)10;;/h4H,2H2,1H3,(H,7,8)(H,9,10)(H,11,12);;/t4-;;/m0../s1. The van der Waals surface area contributed by atoms with E-state index in [-0.39, 0.29) is 29.6 Å². The van der Waals surface area contributed by atoms with Crippen molar-refractivity contribution in [1.82, 2.24) is 5.32 Å². The number of hydrogen-bond acceptors (Lipinski definition) is 3.